The molecule has 3 aromatic carbocycles. The summed E-state index contributed by atoms with van der Waals surface area (Å²) in [5, 5.41) is 3.56. The second-order valence-corrected chi connectivity index (χ2v) is 13.4. The molecule has 0 heterocycles. The van der Waals surface area contributed by atoms with Gasteiger partial charge in [0.15, 0.2) is 0 Å². The summed E-state index contributed by atoms with van der Waals surface area (Å²) >= 11 is 6.06. The molecule has 10 heteroatoms. The maximum atomic E-state index is 14.4. The second kappa shape index (κ2) is 15.4. The number of aryl methyl sites for hydroxylation is 1. The highest BCUT2D eigenvalue weighted by molar-refractivity contribution is 7.92. The van der Waals surface area contributed by atoms with Crippen LogP contribution >= 0.6 is 11.6 Å². The number of ether oxygens (including phenoxy) is 1. The largest absolute Gasteiger partial charge is 0.492 e. The number of nitrogens with zero attached hydrogens (tertiary/aromatic N) is 2. The van der Waals surface area contributed by atoms with E-state index in [1.54, 1.807) is 31.2 Å². The molecule has 0 unspecified atom stereocenters. The van der Waals surface area contributed by atoms with Gasteiger partial charge < -0.3 is 15.0 Å². The Balaban J connectivity index is 1.74. The lowest BCUT2D eigenvalue weighted by Crippen LogP contribution is -2.54. The van der Waals surface area contributed by atoms with Crippen molar-refractivity contribution in [3.63, 3.8) is 0 Å². The predicted molar refractivity (Wildman–Crippen MR) is 174 cm³/mol. The third kappa shape index (κ3) is 8.33. The minimum Gasteiger partial charge on any atom is -0.492 e. The topological polar surface area (TPSA) is 96.0 Å². The summed E-state index contributed by atoms with van der Waals surface area (Å²) in [7, 11) is -4.25. The van der Waals surface area contributed by atoms with Crippen LogP contribution < -0.4 is 14.4 Å². The van der Waals surface area contributed by atoms with Crippen LogP contribution in [0.4, 0.5) is 5.69 Å². The molecule has 3 aromatic rings. The second-order valence-electron chi connectivity index (χ2n) is 11.1. The fourth-order valence-corrected chi connectivity index (χ4v) is 7.09. The molecular formula is C34H42ClN3O5S. The summed E-state index contributed by atoms with van der Waals surface area (Å²) in [6, 6.07) is 19.6. The van der Waals surface area contributed by atoms with Crippen molar-refractivity contribution in [1.82, 2.24) is 10.2 Å². The first kappa shape index (κ1) is 33.3. The summed E-state index contributed by atoms with van der Waals surface area (Å²) in [5.41, 5.74) is 2.14. The van der Waals surface area contributed by atoms with Gasteiger partial charge in [0, 0.05) is 17.6 Å². The zero-order chi connectivity index (χ0) is 31.7. The van der Waals surface area contributed by atoms with Crippen LogP contribution in [0.5, 0.6) is 5.75 Å². The minimum absolute atomic E-state index is 0.0202. The third-order valence-corrected chi connectivity index (χ3v) is 9.95. The Labute approximate surface area is 266 Å². The molecule has 0 aromatic heterocycles. The fraction of sp³-hybridized carbons (Fsp3) is 0.412. The standard InChI is InChI=1S/C34H42ClN3O5S/c1-4-30(34(40)36-28-11-7-6-8-12-28)37(23-26-17-15-25(3)16-18-26)33(39)24-38(31-13-9-10-14-32(31)43-5-2)44(41,42)29-21-19-27(35)20-22-29/h9-10,13-22,28,30H,4-8,11-12,23-24H2,1-3H3,(H,36,40)/t30-/m1/s1. The van der Waals surface area contributed by atoms with Gasteiger partial charge in [-0.15, -0.1) is 0 Å². The number of halogens is 1. The highest BCUT2D eigenvalue weighted by atomic mass is 35.5. The van der Waals surface area contributed by atoms with Crippen LogP contribution in [-0.4, -0.2) is 50.4 Å². The third-order valence-electron chi connectivity index (χ3n) is 7.93. The molecule has 236 valence electrons. The van der Waals surface area contributed by atoms with Gasteiger partial charge >= 0.3 is 0 Å². The predicted octanol–water partition coefficient (Wildman–Crippen LogP) is 6.50. The lowest BCUT2D eigenvalue weighted by molar-refractivity contribution is -0.140. The number of nitrogens with one attached hydrogen (secondary N) is 1. The first-order chi connectivity index (χ1) is 21.1. The Kier molecular flexibility index (Phi) is 11.7. The van der Waals surface area contributed by atoms with E-state index in [0.717, 1.165) is 47.5 Å². The number of carbonyl (C=O) groups is 2. The molecule has 44 heavy (non-hydrogen) atoms. The number of para-hydroxylation sites is 2. The van der Waals surface area contributed by atoms with Crippen molar-refractivity contribution in [2.75, 3.05) is 17.5 Å². The van der Waals surface area contributed by atoms with Crippen molar-refractivity contribution >= 4 is 39.1 Å². The van der Waals surface area contributed by atoms with E-state index in [9.17, 15) is 18.0 Å². The van der Waals surface area contributed by atoms with E-state index in [2.05, 4.69) is 5.32 Å². The average molecular weight is 640 g/mol. The van der Waals surface area contributed by atoms with Crippen LogP contribution in [0, 0.1) is 6.92 Å². The smallest absolute Gasteiger partial charge is 0.264 e. The molecule has 1 aliphatic carbocycles. The number of hydrogen-bond acceptors (Lipinski definition) is 5. The number of amides is 2. The summed E-state index contributed by atoms with van der Waals surface area (Å²) in [4.78, 5) is 29.6. The summed E-state index contributed by atoms with van der Waals surface area (Å²) in [5.74, 6) is -0.394. The molecular weight excluding hydrogens is 598 g/mol. The van der Waals surface area contributed by atoms with Crippen molar-refractivity contribution in [3.8, 4) is 5.75 Å². The zero-order valence-electron chi connectivity index (χ0n) is 25.7. The SMILES string of the molecule is CCOc1ccccc1N(CC(=O)N(Cc1ccc(C)cc1)[C@H](CC)C(=O)NC1CCCCC1)S(=O)(=O)c1ccc(Cl)cc1. The lowest BCUT2D eigenvalue weighted by Gasteiger charge is -2.34. The molecule has 0 bridgehead atoms. The number of anilines is 1. The average Bonchev–Trinajstić information content (AvgIpc) is 3.02. The van der Waals surface area contributed by atoms with Gasteiger partial charge in [0.25, 0.3) is 10.0 Å². The summed E-state index contributed by atoms with van der Waals surface area (Å²) in [6.07, 6.45) is 5.47. The van der Waals surface area contributed by atoms with E-state index >= 15 is 0 Å². The van der Waals surface area contributed by atoms with E-state index in [1.165, 1.54) is 29.2 Å². The van der Waals surface area contributed by atoms with Gasteiger partial charge in [0.05, 0.1) is 17.2 Å². The van der Waals surface area contributed by atoms with Gasteiger partial charge in [-0.05, 0) is 75.1 Å². The summed E-state index contributed by atoms with van der Waals surface area (Å²) in [6.45, 7) is 5.58. The van der Waals surface area contributed by atoms with E-state index < -0.39 is 28.5 Å². The molecule has 1 saturated carbocycles. The molecule has 4 rings (SSSR count). The molecule has 1 fully saturated rings. The first-order valence-electron chi connectivity index (χ1n) is 15.3. The molecule has 2 amide bonds. The van der Waals surface area contributed by atoms with Crippen molar-refractivity contribution in [2.45, 2.75) is 82.8 Å². The number of hydrogen-bond donors (Lipinski definition) is 1. The van der Waals surface area contributed by atoms with Gasteiger partial charge in [-0.1, -0.05) is 79.7 Å². The van der Waals surface area contributed by atoms with Gasteiger partial charge in [0.2, 0.25) is 11.8 Å². The number of carbonyl (C=O) groups excluding carboxylic acids is 2. The zero-order valence-corrected chi connectivity index (χ0v) is 27.2. The maximum absolute atomic E-state index is 14.4. The van der Waals surface area contributed by atoms with Crippen LogP contribution in [0.2, 0.25) is 5.02 Å². The summed E-state index contributed by atoms with van der Waals surface area (Å²) < 4.78 is 35.2. The number of sulfonamides is 1. The number of rotatable bonds is 13. The Bertz CT molecular complexity index is 1510. The Morgan fingerprint density at radius 3 is 2.25 bits per heavy atom. The molecule has 1 atom stereocenters. The van der Waals surface area contributed by atoms with E-state index in [4.69, 9.17) is 16.3 Å². The van der Waals surface area contributed by atoms with Crippen molar-refractivity contribution in [3.05, 3.63) is 88.9 Å². The fourth-order valence-electron chi connectivity index (χ4n) is 5.54. The first-order valence-corrected chi connectivity index (χ1v) is 17.1. The minimum atomic E-state index is -4.25. The monoisotopic (exact) mass is 639 g/mol. The van der Waals surface area contributed by atoms with Gasteiger partial charge in [0.1, 0.15) is 18.3 Å². The van der Waals surface area contributed by atoms with Crippen molar-refractivity contribution in [2.24, 2.45) is 0 Å². The van der Waals surface area contributed by atoms with Crippen LogP contribution in [-0.2, 0) is 26.2 Å². The highest BCUT2D eigenvalue weighted by Gasteiger charge is 2.35. The molecule has 1 aliphatic rings. The Hall–Kier alpha value is -3.56. The van der Waals surface area contributed by atoms with Crippen molar-refractivity contribution < 1.29 is 22.7 Å². The van der Waals surface area contributed by atoms with Gasteiger partial charge in [-0.2, -0.15) is 0 Å². The molecule has 0 radical (unpaired) electrons. The van der Waals surface area contributed by atoms with E-state index in [-0.39, 0.29) is 29.1 Å². The highest BCUT2D eigenvalue weighted by Crippen LogP contribution is 2.33. The normalized spacial score (nSPS) is 14.5. The molecule has 0 aliphatic heterocycles. The molecule has 0 saturated heterocycles. The Morgan fingerprint density at radius 1 is 0.955 bits per heavy atom. The van der Waals surface area contributed by atoms with Crippen LogP contribution in [0.3, 0.4) is 0 Å². The van der Waals surface area contributed by atoms with E-state index in [1.807, 2.05) is 38.1 Å². The molecule has 1 N–H and O–H groups in total. The van der Waals surface area contributed by atoms with Crippen molar-refractivity contribution in [1.29, 1.82) is 0 Å². The maximum Gasteiger partial charge on any atom is 0.264 e. The molecule has 8 nitrogen and oxygen atoms in total. The number of benzene rings is 3. The van der Waals surface area contributed by atoms with Crippen LogP contribution in [0.15, 0.2) is 77.7 Å². The lowest BCUT2D eigenvalue weighted by atomic mass is 9.95. The van der Waals surface area contributed by atoms with Crippen LogP contribution in [0.25, 0.3) is 0 Å². The van der Waals surface area contributed by atoms with Gasteiger partial charge in [-0.3, -0.25) is 13.9 Å². The van der Waals surface area contributed by atoms with Crippen LogP contribution in [0.1, 0.15) is 63.5 Å². The molecule has 0 spiro atoms. The Morgan fingerprint density at radius 2 is 1.61 bits per heavy atom. The van der Waals surface area contributed by atoms with E-state index in [0.29, 0.717) is 23.8 Å². The van der Waals surface area contributed by atoms with Gasteiger partial charge in [-0.25, -0.2) is 8.42 Å². The quantitative estimate of drug-likeness (QED) is 0.230.